The summed E-state index contributed by atoms with van der Waals surface area (Å²) in [7, 11) is 1.45. The average molecular weight is 311 g/mol. The number of anilines is 1. The van der Waals surface area contributed by atoms with Gasteiger partial charge >= 0.3 is 0 Å². The van der Waals surface area contributed by atoms with Gasteiger partial charge in [-0.1, -0.05) is 11.6 Å². The van der Waals surface area contributed by atoms with E-state index in [4.69, 9.17) is 16.3 Å². The molecule has 21 heavy (non-hydrogen) atoms. The second kappa shape index (κ2) is 6.41. The van der Waals surface area contributed by atoms with Crippen molar-refractivity contribution in [1.29, 1.82) is 0 Å². The van der Waals surface area contributed by atoms with E-state index in [1.54, 1.807) is 0 Å². The maximum absolute atomic E-state index is 13.6. The molecule has 0 radical (unpaired) electrons. The molecule has 2 aromatic rings. The smallest absolute Gasteiger partial charge is 0.271 e. The largest absolute Gasteiger partial charge is 0.495 e. The summed E-state index contributed by atoms with van der Waals surface area (Å²) in [5.74, 6) is 0.0272. The van der Waals surface area contributed by atoms with Crippen molar-refractivity contribution in [2.75, 3.05) is 12.4 Å². The Kier molecular flexibility index (Phi) is 4.59. The Morgan fingerprint density at radius 3 is 2.76 bits per heavy atom. The number of rotatable bonds is 5. The summed E-state index contributed by atoms with van der Waals surface area (Å²) in [6, 6.07) is 8.37. The monoisotopic (exact) mass is 310 g/mol. The van der Waals surface area contributed by atoms with Crippen molar-refractivity contribution in [3.8, 4) is 5.75 Å². The maximum atomic E-state index is 13.6. The number of nitro benzene ring substituents is 1. The Morgan fingerprint density at radius 1 is 1.33 bits per heavy atom. The first-order valence-corrected chi connectivity index (χ1v) is 6.39. The van der Waals surface area contributed by atoms with Crippen LogP contribution in [0.15, 0.2) is 36.4 Å². The van der Waals surface area contributed by atoms with Gasteiger partial charge in [0.2, 0.25) is 0 Å². The highest BCUT2D eigenvalue weighted by Gasteiger charge is 2.12. The van der Waals surface area contributed by atoms with E-state index in [2.05, 4.69) is 5.32 Å². The second-order valence-corrected chi connectivity index (χ2v) is 4.67. The molecule has 0 aromatic heterocycles. The lowest BCUT2D eigenvalue weighted by atomic mass is 10.2. The van der Waals surface area contributed by atoms with Crippen LogP contribution in [0.2, 0.25) is 5.02 Å². The Hall–Kier alpha value is -2.34. The fourth-order valence-electron chi connectivity index (χ4n) is 1.82. The van der Waals surface area contributed by atoms with E-state index >= 15 is 0 Å². The van der Waals surface area contributed by atoms with Crippen molar-refractivity contribution in [3.63, 3.8) is 0 Å². The van der Waals surface area contributed by atoms with Crippen molar-refractivity contribution in [2.45, 2.75) is 6.54 Å². The molecule has 0 fully saturated rings. The molecule has 2 rings (SSSR count). The Bertz CT molecular complexity index is 679. The van der Waals surface area contributed by atoms with E-state index in [-0.39, 0.29) is 12.2 Å². The molecule has 0 unspecified atom stereocenters. The fourth-order valence-corrected chi connectivity index (χ4v) is 2.01. The summed E-state index contributed by atoms with van der Waals surface area (Å²) in [5.41, 5.74) is 0.687. The first-order chi connectivity index (χ1) is 10.0. The molecule has 0 heterocycles. The van der Waals surface area contributed by atoms with Gasteiger partial charge in [-0.05, 0) is 24.3 Å². The quantitative estimate of drug-likeness (QED) is 0.669. The van der Waals surface area contributed by atoms with Crippen molar-refractivity contribution in [3.05, 3.63) is 62.9 Å². The van der Waals surface area contributed by atoms with Crippen LogP contribution in [0.25, 0.3) is 0 Å². The summed E-state index contributed by atoms with van der Waals surface area (Å²) in [5, 5.41) is 14.1. The zero-order valence-electron chi connectivity index (χ0n) is 11.1. The highest BCUT2D eigenvalue weighted by Crippen LogP contribution is 2.29. The summed E-state index contributed by atoms with van der Waals surface area (Å²) in [4.78, 5) is 10.3. The fraction of sp³-hybridized carbons (Fsp3) is 0.143. The molecule has 0 aliphatic rings. The molecule has 1 N–H and O–H groups in total. The highest BCUT2D eigenvalue weighted by atomic mass is 35.5. The zero-order chi connectivity index (χ0) is 15.4. The zero-order valence-corrected chi connectivity index (χ0v) is 11.9. The van der Waals surface area contributed by atoms with E-state index in [9.17, 15) is 14.5 Å². The lowest BCUT2D eigenvalue weighted by Crippen LogP contribution is -2.04. The van der Waals surface area contributed by atoms with Crippen LogP contribution >= 0.6 is 11.6 Å². The van der Waals surface area contributed by atoms with Gasteiger partial charge in [0, 0.05) is 29.3 Å². The molecule has 0 bridgehead atoms. The SMILES string of the molecule is COc1ccc([N+](=O)[O-])cc1NCc1cc(Cl)ccc1F. The number of benzene rings is 2. The lowest BCUT2D eigenvalue weighted by Gasteiger charge is -2.11. The molecule has 7 heteroatoms. The van der Waals surface area contributed by atoms with Crippen LogP contribution in [0, 0.1) is 15.9 Å². The number of nitro groups is 1. The average Bonchev–Trinajstić information content (AvgIpc) is 2.47. The molecule has 0 atom stereocenters. The molecule has 110 valence electrons. The van der Waals surface area contributed by atoms with Crippen LogP contribution in [0.1, 0.15) is 5.56 Å². The van der Waals surface area contributed by atoms with Crippen molar-refractivity contribution >= 4 is 23.0 Å². The normalized spacial score (nSPS) is 10.2. The van der Waals surface area contributed by atoms with Crippen LogP contribution in [0.3, 0.4) is 0 Å². The van der Waals surface area contributed by atoms with Crippen LogP contribution in [0.5, 0.6) is 5.75 Å². The van der Waals surface area contributed by atoms with Gasteiger partial charge in [-0.2, -0.15) is 0 Å². The number of nitrogens with zero attached hydrogens (tertiary/aromatic N) is 1. The number of ether oxygens (including phenoxy) is 1. The Balaban J connectivity index is 2.24. The minimum absolute atomic E-state index is 0.0788. The van der Waals surface area contributed by atoms with Crippen LogP contribution in [-0.2, 0) is 6.54 Å². The predicted octanol–water partition coefficient (Wildman–Crippen LogP) is 4.01. The standard InChI is InChI=1S/C14H12ClFN2O3/c1-21-14-5-3-11(18(19)20)7-13(14)17-8-9-6-10(15)2-4-12(9)16/h2-7,17H,8H2,1H3. The van der Waals surface area contributed by atoms with Gasteiger partial charge in [-0.3, -0.25) is 10.1 Å². The number of non-ortho nitro benzene ring substituents is 1. The van der Waals surface area contributed by atoms with E-state index in [0.717, 1.165) is 0 Å². The minimum atomic E-state index is -0.509. The molecular weight excluding hydrogens is 299 g/mol. The van der Waals surface area contributed by atoms with E-state index in [1.807, 2.05) is 0 Å². The minimum Gasteiger partial charge on any atom is -0.495 e. The van der Waals surface area contributed by atoms with Crippen LogP contribution in [-0.4, -0.2) is 12.0 Å². The first kappa shape index (κ1) is 15.1. The molecule has 0 spiro atoms. The predicted molar refractivity (Wildman–Crippen MR) is 78.4 cm³/mol. The van der Waals surface area contributed by atoms with Gasteiger partial charge < -0.3 is 10.1 Å². The number of halogens is 2. The van der Waals surface area contributed by atoms with Crippen molar-refractivity contribution in [2.24, 2.45) is 0 Å². The molecule has 5 nitrogen and oxygen atoms in total. The molecular formula is C14H12ClFN2O3. The topological polar surface area (TPSA) is 64.4 Å². The summed E-state index contributed by atoms with van der Waals surface area (Å²) in [6.45, 7) is 0.129. The lowest BCUT2D eigenvalue weighted by molar-refractivity contribution is -0.384. The number of hydrogen-bond acceptors (Lipinski definition) is 4. The van der Waals surface area contributed by atoms with Gasteiger partial charge in [0.1, 0.15) is 11.6 Å². The van der Waals surface area contributed by atoms with Crippen LogP contribution in [0.4, 0.5) is 15.8 Å². The Labute approximate surface area is 125 Å². The van der Waals surface area contributed by atoms with E-state index in [1.165, 1.54) is 43.5 Å². The summed E-state index contributed by atoms with van der Waals surface area (Å²) in [6.07, 6.45) is 0. The van der Waals surface area contributed by atoms with E-state index in [0.29, 0.717) is 22.0 Å². The molecule has 0 saturated heterocycles. The summed E-state index contributed by atoms with van der Waals surface area (Å²) >= 11 is 5.82. The second-order valence-electron chi connectivity index (χ2n) is 4.23. The van der Waals surface area contributed by atoms with Crippen molar-refractivity contribution in [1.82, 2.24) is 0 Å². The third kappa shape index (κ3) is 3.61. The maximum Gasteiger partial charge on any atom is 0.271 e. The van der Waals surface area contributed by atoms with Gasteiger partial charge in [-0.15, -0.1) is 0 Å². The van der Waals surface area contributed by atoms with Gasteiger partial charge in [0.25, 0.3) is 5.69 Å². The third-order valence-corrected chi connectivity index (χ3v) is 3.11. The van der Waals surface area contributed by atoms with Crippen LogP contribution < -0.4 is 10.1 Å². The molecule has 2 aromatic carbocycles. The van der Waals surface area contributed by atoms with Gasteiger partial charge in [0.15, 0.2) is 0 Å². The molecule has 0 saturated carbocycles. The first-order valence-electron chi connectivity index (χ1n) is 6.01. The van der Waals surface area contributed by atoms with E-state index < -0.39 is 10.7 Å². The van der Waals surface area contributed by atoms with Gasteiger partial charge in [0.05, 0.1) is 17.7 Å². The number of methoxy groups -OCH3 is 1. The highest BCUT2D eigenvalue weighted by molar-refractivity contribution is 6.30. The van der Waals surface area contributed by atoms with Gasteiger partial charge in [-0.25, -0.2) is 4.39 Å². The van der Waals surface area contributed by atoms with Crippen molar-refractivity contribution < 1.29 is 14.1 Å². The molecule has 0 aliphatic carbocycles. The third-order valence-electron chi connectivity index (χ3n) is 2.87. The number of nitrogens with one attached hydrogen (secondary N) is 1. The summed E-state index contributed by atoms with van der Waals surface area (Å²) < 4.78 is 18.7. The number of hydrogen-bond donors (Lipinski definition) is 1. The Morgan fingerprint density at radius 2 is 2.10 bits per heavy atom. The molecule has 0 aliphatic heterocycles. The molecule has 0 amide bonds.